The number of pyridine rings is 1. The molecule has 0 spiro atoms. The van der Waals surface area contributed by atoms with Crippen LogP contribution in [-0.4, -0.2) is 4.98 Å². The highest BCUT2D eigenvalue weighted by Gasteiger charge is 2.10. The molecule has 0 aliphatic heterocycles. The quantitative estimate of drug-likeness (QED) is 0.614. The number of hydrogen-bond acceptors (Lipinski definition) is 1. The highest BCUT2D eigenvalue weighted by molar-refractivity contribution is 14.1. The molecule has 2 nitrogen and oxygen atoms in total. The third-order valence-corrected chi connectivity index (χ3v) is 1.77. The second-order valence-corrected chi connectivity index (χ2v) is 3.05. The first-order chi connectivity index (χ1) is 5.11. The van der Waals surface area contributed by atoms with Gasteiger partial charge in [0.05, 0.1) is 9.26 Å². The fourth-order valence-electron chi connectivity index (χ4n) is 0.633. The molecule has 0 unspecified atom stereocenters. The van der Waals surface area contributed by atoms with Crippen LogP contribution in [0.2, 0.25) is 0 Å². The Morgan fingerprint density at radius 1 is 1.45 bits per heavy atom. The van der Waals surface area contributed by atoms with Gasteiger partial charge in [0.1, 0.15) is 0 Å². The number of H-pyrrole nitrogens is 1. The highest BCUT2D eigenvalue weighted by Crippen LogP contribution is 2.13. The number of alkyl halides is 2. The Morgan fingerprint density at radius 2 is 2.09 bits per heavy atom. The molecule has 1 heterocycles. The molecular formula is C6H4F2INO. The molecule has 5 heteroatoms. The Balaban J connectivity index is 3.21. The van der Waals surface area contributed by atoms with Crippen LogP contribution < -0.4 is 5.56 Å². The van der Waals surface area contributed by atoms with Crippen molar-refractivity contribution in [2.24, 2.45) is 0 Å². The fraction of sp³-hybridized carbons (Fsp3) is 0.167. The smallest absolute Gasteiger partial charge is 0.269 e. The van der Waals surface area contributed by atoms with Gasteiger partial charge < -0.3 is 4.98 Å². The van der Waals surface area contributed by atoms with E-state index in [4.69, 9.17) is 0 Å². The van der Waals surface area contributed by atoms with Crippen LogP contribution in [0.25, 0.3) is 0 Å². The second kappa shape index (κ2) is 3.29. The Bertz CT molecular complexity index is 310. The second-order valence-electron chi connectivity index (χ2n) is 1.89. The van der Waals surface area contributed by atoms with Crippen molar-refractivity contribution in [2.75, 3.05) is 0 Å². The van der Waals surface area contributed by atoms with Crippen LogP contribution in [0.15, 0.2) is 16.9 Å². The third-order valence-electron chi connectivity index (χ3n) is 1.14. The number of nitrogens with one attached hydrogen (secondary N) is 1. The largest absolute Gasteiger partial charge is 0.317 e. The lowest BCUT2D eigenvalue weighted by molar-refractivity contribution is 0.149. The zero-order valence-corrected chi connectivity index (χ0v) is 7.43. The van der Waals surface area contributed by atoms with E-state index >= 15 is 0 Å². The lowest BCUT2D eigenvalue weighted by Gasteiger charge is -1.96. The zero-order chi connectivity index (χ0) is 8.43. The maximum absolute atomic E-state index is 11.9. The zero-order valence-electron chi connectivity index (χ0n) is 5.27. The molecule has 1 aromatic rings. The van der Waals surface area contributed by atoms with Crippen LogP contribution in [0.5, 0.6) is 0 Å². The minimum atomic E-state index is -2.70. The number of halogens is 3. The summed E-state index contributed by atoms with van der Waals surface area (Å²) in [6.45, 7) is 0. The summed E-state index contributed by atoms with van der Waals surface area (Å²) in [4.78, 5) is 13.0. The number of aromatic amines is 1. The standard InChI is InChI=1S/C6H4F2INO/c7-5(8)3-1-2-4(9)10-6(3)11/h1-2,5H,(H,10,11). The number of aromatic nitrogens is 1. The SMILES string of the molecule is O=c1[nH]c(I)ccc1C(F)F. The average Bonchev–Trinajstić information content (AvgIpc) is 1.85. The first-order valence-electron chi connectivity index (χ1n) is 2.78. The van der Waals surface area contributed by atoms with Crippen molar-refractivity contribution < 1.29 is 8.78 Å². The van der Waals surface area contributed by atoms with Gasteiger partial charge in [0.2, 0.25) is 0 Å². The average molecular weight is 271 g/mol. The van der Waals surface area contributed by atoms with Crippen LogP contribution in [-0.2, 0) is 0 Å². The summed E-state index contributed by atoms with van der Waals surface area (Å²) in [5.74, 6) is 0. The predicted molar refractivity (Wildman–Crippen MR) is 44.7 cm³/mol. The minimum Gasteiger partial charge on any atom is -0.317 e. The molecule has 0 aliphatic rings. The van der Waals surface area contributed by atoms with Gasteiger partial charge in [-0.25, -0.2) is 8.78 Å². The first kappa shape index (κ1) is 8.63. The lowest BCUT2D eigenvalue weighted by Crippen LogP contribution is -2.13. The fourth-order valence-corrected chi connectivity index (χ4v) is 1.06. The van der Waals surface area contributed by atoms with Crippen molar-refractivity contribution in [3.05, 3.63) is 31.8 Å². The molecule has 0 radical (unpaired) electrons. The van der Waals surface area contributed by atoms with Gasteiger partial charge >= 0.3 is 0 Å². The van der Waals surface area contributed by atoms with Crippen molar-refractivity contribution in [1.29, 1.82) is 0 Å². The van der Waals surface area contributed by atoms with Gasteiger partial charge in [0, 0.05) is 0 Å². The number of hydrogen-bond donors (Lipinski definition) is 1. The Morgan fingerprint density at radius 3 is 2.55 bits per heavy atom. The Kier molecular flexibility index (Phi) is 2.58. The van der Waals surface area contributed by atoms with Gasteiger partial charge in [-0.05, 0) is 34.7 Å². The molecule has 60 valence electrons. The van der Waals surface area contributed by atoms with Gasteiger partial charge in [-0.1, -0.05) is 0 Å². The lowest BCUT2D eigenvalue weighted by atomic mass is 10.3. The van der Waals surface area contributed by atoms with Crippen molar-refractivity contribution in [3.8, 4) is 0 Å². The molecule has 1 N–H and O–H groups in total. The van der Waals surface area contributed by atoms with Crippen molar-refractivity contribution >= 4 is 22.6 Å². The van der Waals surface area contributed by atoms with Crippen LogP contribution in [0.3, 0.4) is 0 Å². The highest BCUT2D eigenvalue weighted by atomic mass is 127. The molecule has 0 bridgehead atoms. The molecule has 0 saturated carbocycles. The van der Waals surface area contributed by atoms with Gasteiger partial charge in [0.25, 0.3) is 12.0 Å². The third kappa shape index (κ3) is 1.98. The maximum Gasteiger partial charge on any atom is 0.269 e. The van der Waals surface area contributed by atoms with E-state index in [0.29, 0.717) is 3.70 Å². The Labute approximate surface area is 74.8 Å². The Hall–Kier alpha value is -0.460. The van der Waals surface area contributed by atoms with E-state index in [0.717, 1.165) is 6.07 Å². The summed E-state index contributed by atoms with van der Waals surface area (Å²) >= 11 is 1.85. The van der Waals surface area contributed by atoms with Crippen molar-refractivity contribution in [1.82, 2.24) is 4.98 Å². The summed E-state index contributed by atoms with van der Waals surface area (Å²) in [5.41, 5.74) is -1.20. The van der Waals surface area contributed by atoms with E-state index in [2.05, 4.69) is 4.98 Å². The predicted octanol–water partition coefficient (Wildman–Crippen LogP) is 1.92. The topological polar surface area (TPSA) is 32.9 Å². The molecule has 0 aliphatic carbocycles. The summed E-state index contributed by atoms with van der Waals surface area (Å²) in [6, 6.07) is 2.56. The van der Waals surface area contributed by atoms with Gasteiger partial charge in [-0.15, -0.1) is 0 Å². The van der Waals surface area contributed by atoms with E-state index in [1.165, 1.54) is 6.07 Å². The van der Waals surface area contributed by atoms with Crippen LogP contribution in [0, 0.1) is 3.70 Å². The number of rotatable bonds is 1. The van der Waals surface area contributed by atoms with Crippen LogP contribution in [0.4, 0.5) is 8.78 Å². The van der Waals surface area contributed by atoms with E-state index in [9.17, 15) is 13.6 Å². The van der Waals surface area contributed by atoms with Crippen LogP contribution in [0.1, 0.15) is 12.0 Å². The summed E-state index contributed by atoms with van der Waals surface area (Å²) in [5, 5.41) is 0. The van der Waals surface area contributed by atoms with E-state index < -0.39 is 17.5 Å². The van der Waals surface area contributed by atoms with E-state index in [1.54, 1.807) is 0 Å². The molecule has 1 aromatic heterocycles. The summed E-state index contributed by atoms with van der Waals surface area (Å²) in [6.07, 6.45) is -2.70. The molecule has 0 saturated heterocycles. The molecule has 1 rings (SSSR count). The van der Waals surface area contributed by atoms with Crippen LogP contribution >= 0.6 is 22.6 Å². The van der Waals surface area contributed by atoms with Gasteiger partial charge in [-0.3, -0.25) is 4.79 Å². The molecule has 0 atom stereocenters. The molecule has 0 aromatic carbocycles. The minimum absolute atomic E-state index is 0.481. The maximum atomic E-state index is 11.9. The summed E-state index contributed by atoms with van der Waals surface area (Å²) in [7, 11) is 0. The summed E-state index contributed by atoms with van der Waals surface area (Å²) < 4.78 is 24.4. The van der Waals surface area contributed by atoms with E-state index in [-0.39, 0.29) is 0 Å². The molecule has 11 heavy (non-hydrogen) atoms. The van der Waals surface area contributed by atoms with Gasteiger partial charge in [0.15, 0.2) is 0 Å². The van der Waals surface area contributed by atoms with Crippen molar-refractivity contribution in [3.63, 3.8) is 0 Å². The molecular weight excluding hydrogens is 267 g/mol. The monoisotopic (exact) mass is 271 g/mol. The van der Waals surface area contributed by atoms with Crippen molar-refractivity contribution in [2.45, 2.75) is 6.43 Å². The normalized spacial score (nSPS) is 10.5. The van der Waals surface area contributed by atoms with E-state index in [1.807, 2.05) is 22.6 Å². The molecule has 0 fully saturated rings. The first-order valence-corrected chi connectivity index (χ1v) is 3.86. The van der Waals surface area contributed by atoms with Gasteiger partial charge in [-0.2, -0.15) is 0 Å². The molecule has 0 amide bonds.